The molecule has 0 atom stereocenters. The number of anilines is 1. The zero-order valence-electron chi connectivity index (χ0n) is 15.4. The highest BCUT2D eigenvalue weighted by Crippen LogP contribution is 2.37. The molecule has 2 aliphatic heterocycles. The number of sulfone groups is 1. The maximum absolute atomic E-state index is 12.3. The highest BCUT2D eigenvalue weighted by atomic mass is 32.2. The molecule has 0 bridgehead atoms. The van der Waals surface area contributed by atoms with Gasteiger partial charge in [0, 0.05) is 44.1 Å². The number of nitrogens with zero attached hydrogens (tertiary/aromatic N) is 4. The normalized spacial score (nSPS) is 22.9. The second kappa shape index (κ2) is 7.35. The van der Waals surface area contributed by atoms with Crippen molar-refractivity contribution in [3.63, 3.8) is 0 Å². The molecule has 148 valence electrons. The number of β-amino-alcohol motifs (C(OH)–C–C–N with tert-alkyl or cyclic N) is 1. The lowest BCUT2D eigenvalue weighted by Gasteiger charge is -2.25. The van der Waals surface area contributed by atoms with Gasteiger partial charge in [-0.2, -0.15) is 0 Å². The van der Waals surface area contributed by atoms with Crippen LogP contribution >= 0.6 is 0 Å². The smallest absolute Gasteiger partial charge is 0.224 e. The van der Waals surface area contributed by atoms with Crippen molar-refractivity contribution in [3.05, 3.63) is 17.1 Å². The predicted octanol–water partition coefficient (Wildman–Crippen LogP) is 0.594. The number of carbonyl (C=O) groups is 1. The van der Waals surface area contributed by atoms with Gasteiger partial charge in [0.05, 0.1) is 23.8 Å². The van der Waals surface area contributed by atoms with Crippen molar-refractivity contribution >= 4 is 21.6 Å². The molecule has 1 saturated carbocycles. The number of carbonyl (C=O) groups excluding carboxylic acids is 1. The van der Waals surface area contributed by atoms with Crippen LogP contribution in [0.2, 0.25) is 0 Å². The summed E-state index contributed by atoms with van der Waals surface area (Å²) in [7, 11) is -3.19. The van der Waals surface area contributed by atoms with Crippen molar-refractivity contribution in [2.75, 3.05) is 37.7 Å². The molecule has 0 spiro atoms. The third-order valence-electron chi connectivity index (χ3n) is 5.79. The van der Waals surface area contributed by atoms with Gasteiger partial charge in [0.1, 0.15) is 11.6 Å². The van der Waals surface area contributed by atoms with Gasteiger partial charge in [-0.25, -0.2) is 18.4 Å². The minimum absolute atomic E-state index is 0.0129. The van der Waals surface area contributed by atoms with Gasteiger partial charge in [0.25, 0.3) is 0 Å². The van der Waals surface area contributed by atoms with Gasteiger partial charge in [0.2, 0.25) is 5.91 Å². The third-order valence-corrected chi connectivity index (χ3v) is 7.23. The van der Waals surface area contributed by atoms with Gasteiger partial charge in [-0.15, -0.1) is 0 Å². The molecule has 2 fully saturated rings. The lowest BCUT2D eigenvalue weighted by atomic mass is 10.1. The first-order valence-corrected chi connectivity index (χ1v) is 11.5. The minimum atomic E-state index is -3.19. The summed E-state index contributed by atoms with van der Waals surface area (Å²) < 4.78 is 24.5. The van der Waals surface area contributed by atoms with Crippen LogP contribution in [0.5, 0.6) is 0 Å². The van der Waals surface area contributed by atoms with E-state index < -0.39 is 9.84 Å². The average molecular weight is 394 g/mol. The molecular weight excluding hydrogens is 368 g/mol. The zero-order valence-corrected chi connectivity index (χ0v) is 16.2. The number of hydrogen-bond acceptors (Lipinski definition) is 7. The number of fused-ring (bicyclic) bond motifs is 1. The number of amides is 1. The zero-order chi connectivity index (χ0) is 19.0. The fourth-order valence-electron chi connectivity index (χ4n) is 4.35. The quantitative estimate of drug-likeness (QED) is 0.797. The maximum Gasteiger partial charge on any atom is 0.224 e. The fourth-order valence-corrected chi connectivity index (χ4v) is 5.84. The number of aliphatic hydroxyl groups excluding tert-OH is 1. The van der Waals surface area contributed by atoms with Gasteiger partial charge in [-0.1, -0.05) is 12.8 Å². The summed E-state index contributed by atoms with van der Waals surface area (Å²) in [4.78, 5) is 25.4. The van der Waals surface area contributed by atoms with Crippen molar-refractivity contribution in [2.45, 2.75) is 49.5 Å². The van der Waals surface area contributed by atoms with Crippen molar-refractivity contribution in [1.82, 2.24) is 14.9 Å². The molecule has 0 aromatic carbocycles. The highest BCUT2D eigenvalue weighted by Gasteiger charge is 2.34. The molecular formula is C18H26N4O4S. The Morgan fingerprint density at radius 2 is 1.85 bits per heavy atom. The molecule has 0 radical (unpaired) electrons. The van der Waals surface area contributed by atoms with E-state index in [0.717, 1.165) is 31.5 Å². The summed E-state index contributed by atoms with van der Waals surface area (Å²) in [6, 6.07) is 0. The molecule has 4 rings (SSSR count). The molecule has 1 saturated heterocycles. The topological polar surface area (TPSA) is 104 Å². The van der Waals surface area contributed by atoms with Crippen molar-refractivity contribution in [2.24, 2.45) is 0 Å². The highest BCUT2D eigenvalue weighted by molar-refractivity contribution is 7.90. The molecule has 9 heteroatoms. The van der Waals surface area contributed by atoms with Crippen LogP contribution in [-0.4, -0.2) is 67.1 Å². The summed E-state index contributed by atoms with van der Waals surface area (Å²) in [5, 5.41) is 9.16. The Kier molecular flexibility index (Phi) is 5.07. The van der Waals surface area contributed by atoms with Gasteiger partial charge in [0.15, 0.2) is 9.84 Å². The van der Waals surface area contributed by atoms with Crippen LogP contribution in [0.15, 0.2) is 0 Å². The monoisotopic (exact) mass is 394 g/mol. The molecule has 0 unspecified atom stereocenters. The lowest BCUT2D eigenvalue weighted by molar-refractivity contribution is -0.130. The molecule has 8 nitrogen and oxygen atoms in total. The van der Waals surface area contributed by atoms with Gasteiger partial charge < -0.3 is 14.9 Å². The minimum Gasteiger partial charge on any atom is -0.395 e. The summed E-state index contributed by atoms with van der Waals surface area (Å²) in [6.45, 7) is 1.87. The van der Waals surface area contributed by atoms with E-state index in [1.165, 1.54) is 0 Å². The largest absolute Gasteiger partial charge is 0.395 e. The molecule has 1 N–H and O–H groups in total. The van der Waals surface area contributed by atoms with Gasteiger partial charge in [-0.3, -0.25) is 4.79 Å². The second-order valence-corrected chi connectivity index (χ2v) is 9.75. The van der Waals surface area contributed by atoms with E-state index in [1.54, 1.807) is 4.90 Å². The van der Waals surface area contributed by atoms with E-state index in [1.807, 2.05) is 4.90 Å². The van der Waals surface area contributed by atoms with Gasteiger partial charge in [-0.05, 0) is 12.8 Å². The predicted molar refractivity (Wildman–Crippen MR) is 100 cm³/mol. The third kappa shape index (κ3) is 3.80. The summed E-state index contributed by atoms with van der Waals surface area (Å²) in [5.74, 6) is 1.74. The van der Waals surface area contributed by atoms with Crippen LogP contribution in [-0.2, 0) is 26.1 Å². The second-order valence-electron chi connectivity index (χ2n) is 7.69. The van der Waals surface area contributed by atoms with Crippen LogP contribution in [0.3, 0.4) is 0 Å². The van der Waals surface area contributed by atoms with E-state index in [2.05, 4.69) is 4.98 Å². The van der Waals surface area contributed by atoms with Crippen LogP contribution in [0, 0.1) is 0 Å². The Morgan fingerprint density at radius 3 is 2.59 bits per heavy atom. The standard InChI is InChI=1S/C18H26N4O4S/c23-10-9-21-7-8-22(6-5-16(21)24)18-14-11-27(25,26)12-15(14)19-17(20-18)13-3-1-2-4-13/h13,23H,1-12H2. The van der Waals surface area contributed by atoms with Crippen LogP contribution in [0.25, 0.3) is 0 Å². The van der Waals surface area contributed by atoms with Crippen molar-refractivity contribution in [1.29, 1.82) is 0 Å². The van der Waals surface area contributed by atoms with E-state index in [0.29, 0.717) is 55.6 Å². The molecule has 3 aliphatic rings. The molecule has 27 heavy (non-hydrogen) atoms. The SMILES string of the molecule is O=C1CCN(c2nc(C3CCCC3)nc3c2CS(=O)(=O)C3)CCN1CCO. The van der Waals surface area contributed by atoms with Crippen molar-refractivity contribution in [3.8, 4) is 0 Å². The summed E-state index contributed by atoms with van der Waals surface area (Å²) >= 11 is 0. The number of aromatic nitrogens is 2. The first-order chi connectivity index (χ1) is 13.0. The number of aliphatic hydroxyl groups is 1. The van der Waals surface area contributed by atoms with Crippen molar-refractivity contribution < 1.29 is 18.3 Å². The number of hydrogen-bond donors (Lipinski definition) is 1. The van der Waals surface area contributed by atoms with Crippen LogP contribution < -0.4 is 4.90 Å². The molecule has 1 aromatic heterocycles. The van der Waals surface area contributed by atoms with E-state index in [-0.39, 0.29) is 24.0 Å². The number of rotatable bonds is 4. The Morgan fingerprint density at radius 1 is 1.07 bits per heavy atom. The molecule has 1 aromatic rings. The van der Waals surface area contributed by atoms with Gasteiger partial charge >= 0.3 is 0 Å². The Hall–Kier alpha value is -1.74. The van der Waals surface area contributed by atoms with Crippen LogP contribution in [0.4, 0.5) is 5.82 Å². The Balaban J connectivity index is 1.68. The summed E-state index contributed by atoms with van der Waals surface area (Å²) in [5.41, 5.74) is 1.35. The molecule has 1 aliphatic carbocycles. The summed E-state index contributed by atoms with van der Waals surface area (Å²) in [6.07, 6.45) is 4.76. The fraction of sp³-hybridized carbons (Fsp3) is 0.722. The first-order valence-electron chi connectivity index (χ1n) is 9.70. The van der Waals surface area contributed by atoms with Crippen LogP contribution in [0.1, 0.15) is 55.1 Å². The van der Waals surface area contributed by atoms with E-state index in [9.17, 15) is 13.2 Å². The van der Waals surface area contributed by atoms with E-state index >= 15 is 0 Å². The molecule has 3 heterocycles. The van der Waals surface area contributed by atoms with E-state index in [4.69, 9.17) is 10.1 Å². The first kappa shape index (κ1) is 18.6. The maximum atomic E-state index is 12.3. The lowest BCUT2D eigenvalue weighted by Crippen LogP contribution is -2.35. The Labute approximate surface area is 159 Å². The molecule has 1 amide bonds. The Bertz CT molecular complexity index is 836. The average Bonchev–Trinajstić information content (AvgIpc) is 3.21.